The highest BCUT2D eigenvalue weighted by atomic mass is 79.9. The van der Waals surface area contributed by atoms with E-state index in [2.05, 4.69) is 33.4 Å². The van der Waals surface area contributed by atoms with Crippen molar-refractivity contribution in [1.82, 2.24) is 0 Å². The highest BCUT2D eigenvalue weighted by Gasteiger charge is 2.39. The van der Waals surface area contributed by atoms with Gasteiger partial charge in [0.25, 0.3) is 0 Å². The minimum atomic E-state index is -0.194. The van der Waals surface area contributed by atoms with E-state index in [1.165, 1.54) is 17.7 Å². The van der Waals surface area contributed by atoms with E-state index in [9.17, 15) is 4.39 Å². The molecule has 0 unspecified atom stereocenters. The zero-order chi connectivity index (χ0) is 15.1. The van der Waals surface area contributed by atoms with Crippen molar-refractivity contribution in [2.24, 2.45) is 5.92 Å². The minimum absolute atomic E-state index is 0.109. The average molecular weight is 362 g/mol. The third-order valence-electron chi connectivity index (χ3n) is 4.66. The van der Waals surface area contributed by atoms with Gasteiger partial charge < -0.3 is 10.1 Å². The predicted molar refractivity (Wildman–Crippen MR) is 88.3 cm³/mol. The summed E-state index contributed by atoms with van der Waals surface area (Å²) >= 11 is 3.55. The maximum absolute atomic E-state index is 13.2. The van der Waals surface area contributed by atoms with Gasteiger partial charge in [-0.1, -0.05) is 28.1 Å². The quantitative estimate of drug-likeness (QED) is 0.751. The van der Waals surface area contributed by atoms with E-state index in [-0.39, 0.29) is 18.0 Å². The zero-order valence-electron chi connectivity index (χ0n) is 12.1. The van der Waals surface area contributed by atoms with Crippen molar-refractivity contribution >= 4 is 21.6 Å². The molecule has 0 bridgehead atoms. The third-order valence-corrected chi connectivity index (χ3v) is 5.15. The lowest BCUT2D eigenvalue weighted by molar-refractivity contribution is -0.0381. The van der Waals surface area contributed by atoms with Gasteiger partial charge in [-0.15, -0.1) is 0 Å². The van der Waals surface area contributed by atoms with Gasteiger partial charge in [0.2, 0.25) is 0 Å². The summed E-state index contributed by atoms with van der Waals surface area (Å²) in [5.41, 5.74) is 3.45. The molecular weight excluding hydrogens is 345 g/mol. The van der Waals surface area contributed by atoms with Gasteiger partial charge in [-0.25, -0.2) is 4.39 Å². The van der Waals surface area contributed by atoms with Crippen molar-refractivity contribution in [1.29, 1.82) is 0 Å². The first-order chi connectivity index (χ1) is 10.7. The van der Waals surface area contributed by atoms with Crippen molar-refractivity contribution in [3.8, 4) is 0 Å². The molecule has 2 nitrogen and oxygen atoms in total. The van der Waals surface area contributed by atoms with Crippen molar-refractivity contribution in [2.45, 2.75) is 25.0 Å². The Balaban J connectivity index is 1.77. The molecule has 2 aliphatic heterocycles. The third kappa shape index (κ3) is 2.44. The van der Waals surface area contributed by atoms with Crippen LogP contribution >= 0.6 is 15.9 Å². The van der Waals surface area contributed by atoms with E-state index in [4.69, 9.17) is 4.74 Å². The summed E-state index contributed by atoms with van der Waals surface area (Å²) in [4.78, 5) is 0. The van der Waals surface area contributed by atoms with Crippen LogP contribution in [0.1, 0.15) is 36.1 Å². The molecule has 2 aliphatic rings. The molecule has 114 valence electrons. The molecule has 3 atom stereocenters. The summed E-state index contributed by atoms with van der Waals surface area (Å²) in [6, 6.07) is 13.3. The second-order valence-corrected chi connectivity index (χ2v) is 6.92. The number of nitrogens with one attached hydrogen (secondary N) is 1. The topological polar surface area (TPSA) is 21.3 Å². The second-order valence-electron chi connectivity index (χ2n) is 6.00. The average Bonchev–Trinajstić information content (AvgIpc) is 2.55. The van der Waals surface area contributed by atoms with Gasteiger partial charge in [-0.05, 0) is 48.7 Å². The summed E-state index contributed by atoms with van der Waals surface area (Å²) in [5, 5.41) is 3.64. The molecule has 4 rings (SSSR count). The number of hydrogen-bond donors (Lipinski definition) is 1. The smallest absolute Gasteiger partial charge is 0.123 e. The van der Waals surface area contributed by atoms with Gasteiger partial charge in [0.15, 0.2) is 0 Å². The molecular formula is C18H17BrFNO. The van der Waals surface area contributed by atoms with Crippen LogP contribution in [0.15, 0.2) is 46.9 Å². The van der Waals surface area contributed by atoms with E-state index in [1.807, 2.05) is 18.2 Å². The summed E-state index contributed by atoms with van der Waals surface area (Å²) in [5.74, 6) is 0.182. The zero-order valence-corrected chi connectivity index (χ0v) is 13.6. The fourth-order valence-electron chi connectivity index (χ4n) is 3.64. The molecule has 0 aliphatic carbocycles. The molecule has 0 spiro atoms. The van der Waals surface area contributed by atoms with Gasteiger partial charge in [0, 0.05) is 28.2 Å². The fourth-order valence-corrected chi connectivity index (χ4v) is 4.02. The first kappa shape index (κ1) is 14.2. The molecule has 1 saturated heterocycles. The number of rotatable bonds is 1. The molecule has 2 aromatic carbocycles. The highest BCUT2D eigenvalue weighted by Crippen LogP contribution is 2.49. The number of hydrogen-bond acceptors (Lipinski definition) is 2. The Bertz CT molecular complexity index is 688. The summed E-state index contributed by atoms with van der Waals surface area (Å²) in [6.07, 6.45) is 2.30. The molecule has 22 heavy (non-hydrogen) atoms. The Hall–Kier alpha value is -1.39. The second kappa shape index (κ2) is 5.67. The molecule has 2 heterocycles. The van der Waals surface area contributed by atoms with Crippen LogP contribution in [0.2, 0.25) is 0 Å². The Labute approximate surface area is 137 Å². The Morgan fingerprint density at radius 1 is 1.14 bits per heavy atom. The number of ether oxygens (including phenoxy) is 1. The summed E-state index contributed by atoms with van der Waals surface area (Å²) in [7, 11) is 0. The summed E-state index contributed by atoms with van der Waals surface area (Å²) < 4.78 is 20.4. The van der Waals surface area contributed by atoms with E-state index in [1.54, 1.807) is 0 Å². The number of benzene rings is 2. The largest absolute Gasteiger partial charge is 0.378 e. The first-order valence-corrected chi connectivity index (χ1v) is 8.45. The predicted octanol–water partition coefficient (Wildman–Crippen LogP) is 5.22. The minimum Gasteiger partial charge on any atom is -0.378 e. The molecule has 0 amide bonds. The maximum atomic E-state index is 13.2. The molecule has 2 aromatic rings. The molecule has 0 saturated carbocycles. The van der Waals surface area contributed by atoms with Gasteiger partial charge in [0.1, 0.15) is 5.82 Å². The normalized spacial score (nSPS) is 26.7. The first-order valence-electron chi connectivity index (χ1n) is 7.65. The van der Waals surface area contributed by atoms with Crippen molar-refractivity contribution in [2.75, 3.05) is 11.9 Å². The van der Waals surface area contributed by atoms with Crippen LogP contribution < -0.4 is 5.32 Å². The number of anilines is 1. The number of fused-ring (bicyclic) bond motifs is 3. The van der Waals surface area contributed by atoms with Gasteiger partial charge in [0.05, 0.1) is 12.1 Å². The van der Waals surface area contributed by atoms with E-state index in [0.717, 1.165) is 35.2 Å². The summed E-state index contributed by atoms with van der Waals surface area (Å²) in [6.45, 7) is 0.809. The fraction of sp³-hybridized carbons (Fsp3) is 0.333. The van der Waals surface area contributed by atoms with Crippen LogP contribution in [0, 0.1) is 11.7 Å². The molecule has 4 heteroatoms. The maximum Gasteiger partial charge on any atom is 0.123 e. The SMILES string of the molecule is Fc1ccc([C@@H]2Nc3ccc(Br)cc3[C@H]3OCCC[C@H]32)cc1. The molecule has 1 N–H and O–H groups in total. The molecule has 1 fully saturated rings. The van der Waals surface area contributed by atoms with E-state index in [0.29, 0.717) is 5.92 Å². The van der Waals surface area contributed by atoms with Crippen LogP contribution in [0.5, 0.6) is 0 Å². The van der Waals surface area contributed by atoms with Crippen molar-refractivity contribution in [3.63, 3.8) is 0 Å². The number of halogens is 2. The van der Waals surface area contributed by atoms with E-state index < -0.39 is 0 Å². The Morgan fingerprint density at radius 3 is 2.77 bits per heavy atom. The Kier molecular flexibility index (Phi) is 3.66. The van der Waals surface area contributed by atoms with Gasteiger partial charge in [-0.3, -0.25) is 0 Å². The van der Waals surface area contributed by atoms with Crippen LogP contribution in [0.3, 0.4) is 0 Å². The van der Waals surface area contributed by atoms with Crippen molar-refractivity contribution in [3.05, 3.63) is 63.9 Å². The van der Waals surface area contributed by atoms with Crippen LogP contribution in [-0.2, 0) is 4.74 Å². The van der Waals surface area contributed by atoms with Gasteiger partial charge in [-0.2, -0.15) is 0 Å². The lowest BCUT2D eigenvalue weighted by Crippen LogP contribution is -2.36. The Morgan fingerprint density at radius 2 is 1.95 bits per heavy atom. The van der Waals surface area contributed by atoms with Crippen LogP contribution in [0.25, 0.3) is 0 Å². The lowest BCUT2D eigenvalue weighted by atomic mass is 9.77. The van der Waals surface area contributed by atoms with E-state index >= 15 is 0 Å². The van der Waals surface area contributed by atoms with Crippen LogP contribution in [0.4, 0.5) is 10.1 Å². The van der Waals surface area contributed by atoms with Crippen molar-refractivity contribution < 1.29 is 9.13 Å². The monoisotopic (exact) mass is 361 g/mol. The van der Waals surface area contributed by atoms with Crippen LogP contribution in [-0.4, -0.2) is 6.61 Å². The highest BCUT2D eigenvalue weighted by molar-refractivity contribution is 9.10. The molecule has 0 radical (unpaired) electrons. The van der Waals surface area contributed by atoms with Gasteiger partial charge >= 0.3 is 0 Å². The standard InChI is InChI=1S/C18H17BrFNO/c19-12-5-8-16-15(10-12)18-14(2-1-9-22-18)17(21-16)11-3-6-13(20)7-4-11/h3-8,10,14,17-18,21H,1-2,9H2/t14-,17-,18-/m0/s1. The molecule has 0 aromatic heterocycles. The lowest BCUT2D eigenvalue weighted by Gasteiger charge is -2.43.